The molecule has 31 heavy (non-hydrogen) atoms. The Kier molecular flexibility index (Phi) is 6.55. The lowest BCUT2D eigenvalue weighted by molar-refractivity contribution is -0.0164. The van der Waals surface area contributed by atoms with E-state index in [0.717, 1.165) is 22.4 Å². The minimum Gasteiger partial charge on any atom is -0.497 e. The molecular weight excluding hydrogens is 396 g/mol. The highest BCUT2D eigenvalue weighted by molar-refractivity contribution is 5.87. The van der Waals surface area contributed by atoms with E-state index in [0.29, 0.717) is 41.4 Å². The van der Waals surface area contributed by atoms with Crippen molar-refractivity contribution in [3.8, 4) is 28.6 Å². The van der Waals surface area contributed by atoms with Gasteiger partial charge in [0.15, 0.2) is 0 Å². The number of fused-ring (bicyclic) bond motifs is 1. The number of H-pyrrole nitrogens is 1. The van der Waals surface area contributed by atoms with E-state index in [4.69, 9.17) is 18.9 Å². The van der Waals surface area contributed by atoms with Crippen molar-refractivity contribution < 1.29 is 18.9 Å². The summed E-state index contributed by atoms with van der Waals surface area (Å²) in [6.07, 6.45) is 0. The molecule has 7 nitrogen and oxygen atoms in total. The molecule has 1 N–H and O–H groups in total. The Hall–Kier alpha value is -3.06. The average molecular weight is 427 g/mol. The summed E-state index contributed by atoms with van der Waals surface area (Å²) in [7, 11) is 3.08. The predicted molar refractivity (Wildman–Crippen MR) is 122 cm³/mol. The number of hydrogen-bond donors (Lipinski definition) is 1. The van der Waals surface area contributed by atoms with Gasteiger partial charge in [-0.3, -0.25) is 4.79 Å². The van der Waals surface area contributed by atoms with Crippen LogP contribution in [0.4, 0.5) is 0 Å². The maximum absolute atomic E-state index is 12.8. The zero-order chi connectivity index (χ0) is 22.8. The van der Waals surface area contributed by atoms with Crippen LogP contribution in [0, 0.1) is 13.8 Å². The summed E-state index contributed by atoms with van der Waals surface area (Å²) in [6, 6.07) is 7.30. The largest absolute Gasteiger partial charge is 0.497 e. The van der Waals surface area contributed by atoms with Crippen molar-refractivity contribution >= 4 is 10.9 Å². The van der Waals surface area contributed by atoms with Crippen molar-refractivity contribution in [1.29, 1.82) is 0 Å². The average Bonchev–Trinajstić information content (AvgIpc) is 2.70. The number of nitrogens with one attached hydrogen (secondary N) is 1. The number of aromatic amines is 1. The lowest BCUT2D eigenvalue weighted by atomic mass is 10.0. The first-order valence-corrected chi connectivity index (χ1v) is 10.2. The Morgan fingerprint density at radius 1 is 0.968 bits per heavy atom. The molecule has 0 spiro atoms. The van der Waals surface area contributed by atoms with Crippen molar-refractivity contribution in [2.75, 3.05) is 27.4 Å². The van der Waals surface area contributed by atoms with E-state index in [1.54, 1.807) is 19.2 Å². The first-order valence-electron chi connectivity index (χ1n) is 10.2. The zero-order valence-electron chi connectivity index (χ0n) is 19.2. The van der Waals surface area contributed by atoms with Crippen molar-refractivity contribution in [2.45, 2.75) is 40.2 Å². The fraction of sp³-hybridized carbons (Fsp3) is 0.417. The van der Waals surface area contributed by atoms with Crippen molar-refractivity contribution in [3.63, 3.8) is 0 Å². The number of aromatic nitrogens is 2. The second-order valence-electron chi connectivity index (χ2n) is 8.39. The van der Waals surface area contributed by atoms with Crippen LogP contribution in [0.1, 0.15) is 31.9 Å². The van der Waals surface area contributed by atoms with Crippen LogP contribution in [-0.4, -0.2) is 43.0 Å². The fourth-order valence-corrected chi connectivity index (χ4v) is 3.43. The summed E-state index contributed by atoms with van der Waals surface area (Å²) in [5.41, 5.74) is 2.75. The van der Waals surface area contributed by atoms with E-state index in [2.05, 4.69) is 9.97 Å². The fourth-order valence-electron chi connectivity index (χ4n) is 3.43. The number of aryl methyl sites for hydroxylation is 2. The van der Waals surface area contributed by atoms with E-state index >= 15 is 0 Å². The van der Waals surface area contributed by atoms with Crippen LogP contribution >= 0.6 is 0 Å². The molecule has 0 aliphatic rings. The SMILES string of the molecule is COc1cc(OC)c2c(=O)[nH]c(-c3cc(C)c(OCCOC(C)(C)C)c(C)c3)nc2c1. The summed E-state index contributed by atoms with van der Waals surface area (Å²) >= 11 is 0. The molecule has 0 amide bonds. The van der Waals surface area contributed by atoms with E-state index in [1.165, 1.54) is 7.11 Å². The molecule has 0 aliphatic carbocycles. The number of rotatable bonds is 7. The molecule has 0 bridgehead atoms. The molecule has 0 saturated heterocycles. The number of nitrogens with zero attached hydrogens (tertiary/aromatic N) is 1. The van der Waals surface area contributed by atoms with Crippen LogP contribution in [0.25, 0.3) is 22.3 Å². The van der Waals surface area contributed by atoms with E-state index < -0.39 is 0 Å². The summed E-state index contributed by atoms with van der Waals surface area (Å²) in [5, 5.41) is 0.388. The minimum absolute atomic E-state index is 0.198. The van der Waals surface area contributed by atoms with Crippen LogP contribution < -0.4 is 19.8 Å². The smallest absolute Gasteiger partial charge is 0.262 e. The highest BCUT2D eigenvalue weighted by Gasteiger charge is 2.15. The normalized spacial score (nSPS) is 11.6. The van der Waals surface area contributed by atoms with Gasteiger partial charge in [0.1, 0.15) is 35.1 Å². The monoisotopic (exact) mass is 426 g/mol. The van der Waals surface area contributed by atoms with Crippen LogP contribution in [0.15, 0.2) is 29.1 Å². The van der Waals surface area contributed by atoms with Gasteiger partial charge in [-0.1, -0.05) is 0 Å². The summed E-state index contributed by atoms with van der Waals surface area (Å²) < 4.78 is 22.3. The lowest BCUT2D eigenvalue weighted by Gasteiger charge is -2.20. The maximum Gasteiger partial charge on any atom is 0.262 e. The molecule has 0 saturated carbocycles. The van der Waals surface area contributed by atoms with Gasteiger partial charge >= 0.3 is 0 Å². The second kappa shape index (κ2) is 8.98. The quantitative estimate of drug-likeness (QED) is 0.563. The number of ether oxygens (including phenoxy) is 4. The van der Waals surface area contributed by atoms with Gasteiger partial charge in [0, 0.05) is 17.7 Å². The van der Waals surface area contributed by atoms with E-state index in [9.17, 15) is 4.79 Å². The van der Waals surface area contributed by atoms with Gasteiger partial charge in [0.05, 0.1) is 31.9 Å². The lowest BCUT2D eigenvalue weighted by Crippen LogP contribution is -2.22. The molecule has 3 rings (SSSR count). The Bertz CT molecular complexity index is 1120. The minimum atomic E-state index is -0.269. The van der Waals surface area contributed by atoms with Gasteiger partial charge in [-0.2, -0.15) is 0 Å². The first kappa shape index (κ1) is 22.6. The van der Waals surface area contributed by atoms with Crippen molar-refractivity contribution in [1.82, 2.24) is 9.97 Å². The van der Waals surface area contributed by atoms with Crippen molar-refractivity contribution in [3.05, 3.63) is 45.7 Å². The van der Waals surface area contributed by atoms with Crippen LogP contribution in [0.5, 0.6) is 17.2 Å². The standard InChI is InChI=1S/C24H30N2O5/c1-14-10-16(11-15(2)21(14)30-8-9-31-24(3,4)5)22-25-18-12-17(28-6)13-19(29-7)20(18)23(27)26-22/h10-13H,8-9H2,1-7H3,(H,25,26,27). The Morgan fingerprint density at radius 3 is 2.23 bits per heavy atom. The van der Waals surface area contributed by atoms with Gasteiger partial charge in [0.2, 0.25) is 0 Å². The molecule has 7 heteroatoms. The molecular formula is C24H30N2O5. The third kappa shape index (κ3) is 5.17. The molecule has 0 fully saturated rings. The first-order chi connectivity index (χ1) is 14.6. The Labute approximate surface area is 182 Å². The van der Waals surface area contributed by atoms with Crippen molar-refractivity contribution in [2.24, 2.45) is 0 Å². The van der Waals surface area contributed by atoms with Gasteiger partial charge in [-0.15, -0.1) is 0 Å². The van der Waals surface area contributed by atoms with Crippen LogP contribution in [-0.2, 0) is 4.74 Å². The third-order valence-corrected chi connectivity index (χ3v) is 4.80. The molecule has 2 aromatic carbocycles. The summed E-state index contributed by atoms with van der Waals surface area (Å²) in [4.78, 5) is 20.3. The van der Waals surface area contributed by atoms with E-state index in [1.807, 2.05) is 46.8 Å². The Balaban J connectivity index is 1.95. The van der Waals surface area contributed by atoms with Crippen LogP contribution in [0.2, 0.25) is 0 Å². The van der Waals surface area contributed by atoms with Gasteiger partial charge in [0.25, 0.3) is 5.56 Å². The van der Waals surface area contributed by atoms with Gasteiger partial charge < -0.3 is 23.9 Å². The summed E-state index contributed by atoms with van der Waals surface area (Å²) in [5.74, 6) is 2.28. The molecule has 0 radical (unpaired) electrons. The predicted octanol–water partition coefficient (Wildman–Crippen LogP) is 4.42. The molecule has 3 aromatic rings. The number of methoxy groups -OCH3 is 2. The van der Waals surface area contributed by atoms with Crippen LogP contribution in [0.3, 0.4) is 0 Å². The van der Waals surface area contributed by atoms with E-state index in [-0.39, 0.29) is 11.2 Å². The van der Waals surface area contributed by atoms with Gasteiger partial charge in [-0.05, 0) is 57.9 Å². The summed E-state index contributed by atoms with van der Waals surface area (Å²) in [6.45, 7) is 11.0. The number of hydrogen-bond acceptors (Lipinski definition) is 6. The molecule has 1 heterocycles. The maximum atomic E-state index is 12.8. The molecule has 0 aliphatic heterocycles. The van der Waals surface area contributed by atoms with Gasteiger partial charge in [-0.25, -0.2) is 4.98 Å². The molecule has 1 aromatic heterocycles. The second-order valence-corrected chi connectivity index (χ2v) is 8.39. The topological polar surface area (TPSA) is 82.7 Å². The molecule has 166 valence electrons. The third-order valence-electron chi connectivity index (χ3n) is 4.80. The molecule has 0 unspecified atom stereocenters. The zero-order valence-corrected chi connectivity index (χ0v) is 19.2. The highest BCUT2D eigenvalue weighted by atomic mass is 16.5. The number of benzene rings is 2. The Morgan fingerprint density at radius 2 is 1.65 bits per heavy atom. The molecule has 0 atom stereocenters. The highest BCUT2D eigenvalue weighted by Crippen LogP contribution is 2.31.